The summed E-state index contributed by atoms with van der Waals surface area (Å²) in [5, 5.41) is 6.17. The highest BCUT2D eigenvalue weighted by Crippen LogP contribution is 2.26. The molecule has 0 rings (SSSR count). The Balaban J connectivity index is 6.62. The van der Waals surface area contributed by atoms with Gasteiger partial charge in [-0.15, -0.1) is 0 Å². The molecule has 0 atom stereocenters. The predicted molar refractivity (Wildman–Crippen MR) is 173 cm³/mol. The van der Waals surface area contributed by atoms with Crippen LogP contribution >= 0.6 is 0 Å². The molecule has 5 heteroatoms. The summed E-state index contributed by atoms with van der Waals surface area (Å²) in [7, 11) is 0. The van der Waals surface area contributed by atoms with E-state index in [0.29, 0.717) is 30.1 Å². The Kier molecular flexibility index (Phi) is 18.7. The molecule has 0 fully saturated rings. The molecule has 4 N–H and O–H groups in total. The van der Waals surface area contributed by atoms with E-state index in [-0.39, 0.29) is 5.91 Å². The van der Waals surface area contributed by atoms with Gasteiger partial charge in [0, 0.05) is 30.1 Å². The van der Waals surface area contributed by atoms with Gasteiger partial charge >= 0.3 is 0 Å². The van der Waals surface area contributed by atoms with E-state index in [2.05, 4.69) is 74.0 Å². The number of allylic oxidation sites excluding steroid dienone is 13. The van der Waals surface area contributed by atoms with E-state index in [1.165, 1.54) is 0 Å². The fourth-order valence-corrected chi connectivity index (χ4v) is 3.89. The lowest BCUT2D eigenvalue weighted by atomic mass is 9.93. The molecule has 0 aliphatic carbocycles. The monoisotopic (exact) mass is 532 g/mol. The Hall–Kier alpha value is -3.44. The number of hydrogen-bond donors (Lipinski definition) is 3. The van der Waals surface area contributed by atoms with Crippen molar-refractivity contribution >= 4 is 12.6 Å². The molecule has 0 aliphatic rings. The van der Waals surface area contributed by atoms with Gasteiger partial charge in [0.25, 0.3) is 5.91 Å². The Morgan fingerprint density at radius 1 is 1.03 bits per heavy atom. The highest BCUT2D eigenvalue weighted by molar-refractivity contribution is 5.98. The third-order valence-corrected chi connectivity index (χ3v) is 6.17. The maximum atomic E-state index is 13.0. The first-order valence-corrected chi connectivity index (χ1v) is 14.0. The third kappa shape index (κ3) is 12.8. The van der Waals surface area contributed by atoms with Gasteiger partial charge in [0.15, 0.2) is 0 Å². The number of nitrogens with one attached hydrogen (secondary N) is 2. The minimum Gasteiger partial charge on any atom is -0.399 e. The molecule has 39 heavy (non-hydrogen) atoms. The Labute approximate surface area is 238 Å². The lowest BCUT2D eigenvalue weighted by Crippen LogP contribution is -2.33. The zero-order valence-electron chi connectivity index (χ0n) is 25.7. The van der Waals surface area contributed by atoms with E-state index >= 15 is 0 Å². The van der Waals surface area contributed by atoms with Crippen LogP contribution < -0.4 is 16.4 Å². The highest BCUT2D eigenvalue weighted by Gasteiger charge is 2.14. The van der Waals surface area contributed by atoms with Crippen LogP contribution in [0.5, 0.6) is 0 Å². The molecule has 0 spiro atoms. The second kappa shape index (κ2) is 20.5. The van der Waals surface area contributed by atoms with Crippen molar-refractivity contribution in [3.05, 3.63) is 106 Å². The smallest absolute Gasteiger partial charge is 0.253 e. The summed E-state index contributed by atoms with van der Waals surface area (Å²) < 4.78 is 0. The SMILES string of the molecule is C=CC(=C(C)/C=C\CCC)C(=C\CC)/C=C(C(/C)=C\C=C(C)\C(C(=O)NCCNCC)=C(\C)N=C)\C(N)=C/C. The number of likely N-dealkylation sites (N-methyl/N-ethyl adjacent to an activating group) is 1. The first kappa shape index (κ1) is 35.6. The van der Waals surface area contributed by atoms with Gasteiger partial charge in [-0.3, -0.25) is 9.79 Å². The van der Waals surface area contributed by atoms with Gasteiger partial charge < -0.3 is 16.4 Å². The molecule has 0 unspecified atom stereocenters. The number of carbonyl (C=O) groups is 1. The highest BCUT2D eigenvalue weighted by atomic mass is 16.1. The molecular formula is C34H52N4O. The summed E-state index contributed by atoms with van der Waals surface area (Å²) in [6.07, 6.45) is 19.5. The topological polar surface area (TPSA) is 79.5 Å². The number of nitrogens with two attached hydrogens (primary N) is 1. The number of aliphatic imine (C=N–C) groups is 1. The largest absolute Gasteiger partial charge is 0.399 e. The van der Waals surface area contributed by atoms with Gasteiger partial charge in [0.1, 0.15) is 0 Å². The molecule has 0 heterocycles. The summed E-state index contributed by atoms with van der Waals surface area (Å²) in [4.78, 5) is 17.0. The normalized spacial score (nSPS) is 15.2. The number of hydrogen-bond acceptors (Lipinski definition) is 4. The van der Waals surface area contributed by atoms with Crippen LogP contribution in [0, 0.1) is 0 Å². The fourth-order valence-electron chi connectivity index (χ4n) is 3.89. The molecule has 5 nitrogen and oxygen atoms in total. The minimum absolute atomic E-state index is 0.165. The van der Waals surface area contributed by atoms with Gasteiger partial charge in [-0.05, 0) is 94.7 Å². The molecule has 0 aromatic rings. The van der Waals surface area contributed by atoms with Gasteiger partial charge in [0.2, 0.25) is 0 Å². The van der Waals surface area contributed by atoms with Crippen molar-refractivity contribution < 1.29 is 4.79 Å². The summed E-state index contributed by atoms with van der Waals surface area (Å²) >= 11 is 0. The van der Waals surface area contributed by atoms with Crippen molar-refractivity contribution in [1.82, 2.24) is 10.6 Å². The van der Waals surface area contributed by atoms with E-state index in [0.717, 1.165) is 59.2 Å². The third-order valence-electron chi connectivity index (χ3n) is 6.17. The molecule has 0 aromatic heterocycles. The van der Waals surface area contributed by atoms with Crippen LogP contribution in [-0.2, 0) is 4.79 Å². The van der Waals surface area contributed by atoms with Crippen LogP contribution in [-0.4, -0.2) is 32.3 Å². The summed E-state index contributed by atoms with van der Waals surface area (Å²) in [6, 6.07) is 0. The summed E-state index contributed by atoms with van der Waals surface area (Å²) in [6.45, 7) is 25.9. The number of amides is 1. The molecule has 214 valence electrons. The van der Waals surface area contributed by atoms with E-state index in [1.54, 1.807) is 6.92 Å². The Morgan fingerprint density at radius 3 is 2.23 bits per heavy atom. The molecule has 0 aliphatic heterocycles. The van der Waals surface area contributed by atoms with Gasteiger partial charge in [-0.2, -0.15) is 0 Å². The zero-order valence-corrected chi connectivity index (χ0v) is 25.7. The average molecular weight is 533 g/mol. The maximum Gasteiger partial charge on any atom is 0.253 e. The van der Waals surface area contributed by atoms with Crippen LogP contribution in [0.25, 0.3) is 0 Å². The molecular weight excluding hydrogens is 480 g/mol. The Bertz CT molecular complexity index is 1090. The van der Waals surface area contributed by atoms with Crippen molar-refractivity contribution in [2.24, 2.45) is 10.7 Å². The van der Waals surface area contributed by atoms with Crippen LogP contribution in [0.1, 0.15) is 74.7 Å². The molecule has 0 saturated carbocycles. The predicted octanol–water partition coefficient (Wildman–Crippen LogP) is 7.56. The second-order valence-corrected chi connectivity index (χ2v) is 9.29. The fraction of sp³-hybridized carbons (Fsp3) is 0.412. The lowest BCUT2D eigenvalue weighted by Gasteiger charge is -2.14. The standard InChI is InChI=1S/C34H52N4O/c1-11-16-17-19-25(6)30(13-3)29(18-12-2)24-31(32(35)14-4)26(7)20-21-27(8)33(28(9)36-10)34(39)38-23-22-37-15-5/h13-14,17-21,24,37H,3,10-12,15-16,22-23,35H2,1-2,4-9H3,(H,38,39)/b19-17-,26-20-,27-21+,29-18-,30-25?,31-24-,32-14+,33-28+. The number of nitrogens with zero attached hydrogens (tertiary/aromatic N) is 1. The molecule has 0 saturated heterocycles. The zero-order chi connectivity index (χ0) is 29.8. The van der Waals surface area contributed by atoms with E-state index in [4.69, 9.17) is 5.73 Å². The summed E-state index contributed by atoms with van der Waals surface area (Å²) in [5.41, 5.74) is 14.3. The van der Waals surface area contributed by atoms with E-state index in [9.17, 15) is 4.79 Å². The van der Waals surface area contributed by atoms with Crippen LogP contribution in [0.15, 0.2) is 111 Å². The van der Waals surface area contributed by atoms with Crippen molar-refractivity contribution in [3.8, 4) is 0 Å². The molecule has 0 bridgehead atoms. The molecule has 0 radical (unpaired) electrons. The molecule has 1 amide bonds. The maximum absolute atomic E-state index is 13.0. The van der Waals surface area contributed by atoms with Crippen molar-refractivity contribution in [1.29, 1.82) is 0 Å². The number of rotatable bonds is 17. The molecule has 0 aromatic carbocycles. The average Bonchev–Trinajstić information content (AvgIpc) is 2.92. The number of carbonyl (C=O) groups excluding carboxylic acids is 1. The quantitative estimate of drug-likeness (QED) is 0.0782. The van der Waals surface area contributed by atoms with Gasteiger partial charge in [-0.1, -0.05) is 76.3 Å². The van der Waals surface area contributed by atoms with E-state index in [1.807, 2.05) is 52.0 Å². The second-order valence-electron chi connectivity index (χ2n) is 9.29. The van der Waals surface area contributed by atoms with Crippen LogP contribution in [0.2, 0.25) is 0 Å². The van der Waals surface area contributed by atoms with Crippen molar-refractivity contribution in [2.45, 2.75) is 74.7 Å². The first-order valence-electron chi connectivity index (χ1n) is 14.0. The lowest BCUT2D eigenvalue weighted by molar-refractivity contribution is -0.117. The summed E-state index contributed by atoms with van der Waals surface area (Å²) in [5.74, 6) is -0.165. The minimum atomic E-state index is -0.165. The van der Waals surface area contributed by atoms with E-state index < -0.39 is 0 Å². The first-order chi connectivity index (χ1) is 18.6. The van der Waals surface area contributed by atoms with Crippen molar-refractivity contribution in [2.75, 3.05) is 19.6 Å². The Morgan fingerprint density at radius 2 is 1.69 bits per heavy atom. The van der Waals surface area contributed by atoms with Gasteiger partial charge in [-0.25, -0.2) is 0 Å². The van der Waals surface area contributed by atoms with Crippen molar-refractivity contribution in [3.63, 3.8) is 0 Å². The van der Waals surface area contributed by atoms with Gasteiger partial charge in [0.05, 0.1) is 5.57 Å². The van der Waals surface area contributed by atoms with Crippen LogP contribution in [0.3, 0.4) is 0 Å². The van der Waals surface area contributed by atoms with Crippen LogP contribution in [0.4, 0.5) is 0 Å². The number of unbranched alkanes of at least 4 members (excludes halogenated alkanes) is 1.